The lowest BCUT2D eigenvalue weighted by Gasteiger charge is -1.97. The molecule has 1 aromatic heterocycles. The average molecular weight is 250 g/mol. The summed E-state index contributed by atoms with van der Waals surface area (Å²) in [5.41, 5.74) is -0.0216. The average Bonchev–Trinajstić information content (AvgIpc) is 2.75. The number of benzene rings is 1. The second kappa shape index (κ2) is 4.36. The maximum absolute atomic E-state index is 11.5. The van der Waals surface area contributed by atoms with Gasteiger partial charge in [0.1, 0.15) is 5.75 Å². The highest BCUT2D eigenvalue weighted by Gasteiger charge is 2.27. The standard InChI is InChI=1S/C11H10N2O5/c1-17-6-3-4-7-8(5-6)12-9(11(14)18-2)10(7)13(15)16/h3-5,12H,1-2H3. The van der Waals surface area contributed by atoms with Gasteiger partial charge in [-0.25, -0.2) is 4.79 Å². The number of hydrogen-bond acceptors (Lipinski definition) is 5. The highest BCUT2D eigenvalue weighted by atomic mass is 16.6. The summed E-state index contributed by atoms with van der Waals surface area (Å²) in [6.07, 6.45) is 0. The first kappa shape index (κ1) is 11.9. The Bertz CT molecular complexity index is 632. The maximum Gasteiger partial charge on any atom is 0.361 e. The maximum atomic E-state index is 11.5. The lowest BCUT2D eigenvalue weighted by molar-refractivity contribution is -0.383. The Kier molecular flexibility index (Phi) is 2.88. The third-order valence-corrected chi connectivity index (χ3v) is 2.55. The normalized spacial score (nSPS) is 10.3. The molecule has 1 aromatic carbocycles. The quantitative estimate of drug-likeness (QED) is 0.509. The summed E-state index contributed by atoms with van der Waals surface area (Å²) in [6, 6.07) is 4.69. The van der Waals surface area contributed by atoms with Crippen molar-refractivity contribution in [1.29, 1.82) is 0 Å². The van der Waals surface area contributed by atoms with Gasteiger partial charge in [0.15, 0.2) is 0 Å². The van der Waals surface area contributed by atoms with Gasteiger partial charge in [-0.05, 0) is 12.1 Å². The van der Waals surface area contributed by atoms with E-state index in [-0.39, 0.29) is 11.4 Å². The Morgan fingerprint density at radius 2 is 2.11 bits per heavy atom. The predicted molar refractivity (Wildman–Crippen MR) is 62.8 cm³/mol. The first-order valence-electron chi connectivity index (χ1n) is 5.01. The Balaban J connectivity index is 2.74. The SMILES string of the molecule is COC(=O)c1[nH]c2cc(OC)ccc2c1[N+](=O)[O-]. The highest BCUT2D eigenvalue weighted by Crippen LogP contribution is 2.32. The zero-order valence-corrected chi connectivity index (χ0v) is 9.72. The van der Waals surface area contributed by atoms with Crippen LogP contribution in [-0.4, -0.2) is 30.1 Å². The van der Waals surface area contributed by atoms with Gasteiger partial charge < -0.3 is 14.5 Å². The van der Waals surface area contributed by atoms with E-state index < -0.39 is 10.9 Å². The van der Waals surface area contributed by atoms with E-state index in [1.54, 1.807) is 12.1 Å². The van der Waals surface area contributed by atoms with Gasteiger partial charge >= 0.3 is 11.7 Å². The molecule has 7 nitrogen and oxygen atoms in total. The molecule has 0 amide bonds. The van der Waals surface area contributed by atoms with Gasteiger partial charge in [0.05, 0.1) is 30.0 Å². The molecule has 0 aliphatic heterocycles. The molecular formula is C11H10N2O5. The fraction of sp³-hybridized carbons (Fsp3) is 0.182. The summed E-state index contributed by atoms with van der Waals surface area (Å²) in [6.45, 7) is 0. The number of methoxy groups -OCH3 is 2. The smallest absolute Gasteiger partial charge is 0.361 e. The number of hydrogen-bond donors (Lipinski definition) is 1. The van der Waals surface area contributed by atoms with Gasteiger partial charge in [-0.15, -0.1) is 0 Å². The first-order chi connectivity index (χ1) is 8.58. The molecule has 0 unspecified atom stereocenters. The molecular weight excluding hydrogens is 240 g/mol. The van der Waals surface area contributed by atoms with Crippen molar-refractivity contribution >= 4 is 22.6 Å². The van der Waals surface area contributed by atoms with Crippen molar-refractivity contribution in [3.63, 3.8) is 0 Å². The van der Waals surface area contributed by atoms with E-state index in [4.69, 9.17) is 4.74 Å². The van der Waals surface area contributed by atoms with Crippen LogP contribution in [0.5, 0.6) is 5.75 Å². The van der Waals surface area contributed by atoms with Crippen LogP contribution in [0.3, 0.4) is 0 Å². The van der Waals surface area contributed by atoms with Gasteiger partial charge in [0, 0.05) is 6.07 Å². The number of ether oxygens (including phenoxy) is 2. The number of aromatic amines is 1. The van der Waals surface area contributed by atoms with Crippen molar-refractivity contribution in [1.82, 2.24) is 4.98 Å². The topological polar surface area (TPSA) is 94.5 Å². The van der Waals surface area contributed by atoms with Crippen LogP contribution in [0.15, 0.2) is 18.2 Å². The van der Waals surface area contributed by atoms with Crippen molar-refractivity contribution in [3.05, 3.63) is 34.0 Å². The van der Waals surface area contributed by atoms with E-state index in [2.05, 4.69) is 9.72 Å². The zero-order chi connectivity index (χ0) is 13.3. The number of nitro groups is 1. The Morgan fingerprint density at radius 1 is 1.39 bits per heavy atom. The molecule has 0 bridgehead atoms. The van der Waals surface area contributed by atoms with E-state index >= 15 is 0 Å². The van der Waals surface area contributed by atoms with Crippen molar-refractivity contribution in [3.8, 4) is 5.75 Å². The van der Waals surface area contributed by atoms with Crippen molar-refractivity contribution < 1.29 is 19.2 Å². The van der Waals surface area contributed by atoms with E-state index in [1.807, 2.05) is 0 Å². The third kappa shape index (κ3) is 1.75. The molecule has 0 fully saturated rings. The lowest BCUT2D eigenvalue weighted by Crippen LogP contribution is -2.04. The molecule has 0 saturated heterocycles. The van der Waals surface area contributed by atoms with Gasteiger partial charge in [0.2, 0.25) is 5.69 Å². The molecule has 18 heavy (non-hydrogen) atoms. The Morgan fingerprint density at radius 3 is 2.67 bits per heavy atom. The minimum atomic E-state index is -0.781. The summed E-state index contributed by atoms with van der Waals surface area (Å²) < 4.78 is 9.52. The minimum absolute atomic E-state index is 0.175. The third-order valence-electron chi connectivity index (χ3n) is 2.55. The number of nitrogens with zero attached hydrogens (tertiary/aromatic N) is 1. The van der Waals surface area contributed by atoms with Gasteiger partial charge in [-0.2, -0.15) is 0 Å². The number of esters is 1. The molecule has 94 valence electrons. The largest absolute Gasteiger partial charge is 0.497 e. The van der Waals surface area contributed by atoms with Crippen LogP contribution >= 0.6 is 0 Å². The van der Waals surface area contributed by atoms with Crippen LogP contribution in [0, 0.1) is 10.1 Å². The van der Waals surface area contributed by atoms with Crippen LogP contribution in [0.25, 0.3) is 10.9 Å². The zero-order valence-electron chi connectivity index (χ0n) is 9.72. The molecule has 0 radical (unpaired) electrons. The number of nitrogens with one attached hydrogen (secondary N) is 1. The fourth-order valence-corrected chi connectivity index (χ4v) is 1.73. The molecule has 1 N–H and O–H groups in total. The van der Waals surface area contributed by atoms with Gasteiger partial charge in [-0.3, -0.25) is 10.1 Å². The highest BCUT2D eigenvalue weighted by molar-refractivity contribution is 6.03. The molecule has 1 heterocycles. The second-order valence-electron chi connectivity index (χ2n) is 3.51. The number of rotatable bonds is 3. The van der Waals surface area contributed by atoms with E-state index in [9.17, 15) is 14.9 Å². The molecule has 0 atom stereocenters. The Labute approximate surface area is 101 Å². The van der Waals surface area contributed by atoms with E-state index in [0.717, 1.165) is 7.11 Å². The van der Waals surface area contributed by atoms with E-state index in [0.29, 0.717) is 16.7 Å². The summed E-state index contributed by atoms with van der Waals surface area (Å²) in [4.78, 5) is 24.6. The number of H-pyrrole nitrogens is 1. The van der Waals surface area contributed by atoms with Crippen molar-refractivity contribution in [2.75, 3.05) is 14.2 Å². The minimum Gasteiger partial charge on any atom is -0.497 e. The summed E-state index contributed by atoms with van der Waals surface area (Å²) in [5, 5.41) is 11.4. The summed E-state index contributed by atoms with van der Waals surface area (Å²) in [7, 11) is 2.65. The molecule has 0 aliphatic carbocycles. The van der Waals surface area contributed by atoms with Crippen molar-refractivity contribution in [2.24, 2.45) is 0 Å². The van der Waals surface area contributed by atoms with Crippen LogP contribution in [0.2, 0.25) is 0 Å². The van der Waals surface area contributed by atoms with Crippen LogP contribution in [-0.2, 0) is 4.74 Å². The van der Waals surface area contributed by atoms with Gasteiger partial charge in [0.25, 0.3) is 0 Å². The Hall–Kier alpha value is -2.57. The van der Waals surface area contributed by atoms with Crippen molar-refractivity contribution in [2.45, 2.75) is 0 Å². The molecule has 7 heteroatoms. The number of fused-ring (bicyclic) bond motifs is 1. The molecule has 2 rings (SSSR count). The van der Waals surface area contributed by atoms with Gasteiger partial charge in [-0.1, -0.05) is 0 Å². The van der Waals surface area contributed by atoms with Crippen LogP contribution < -0.4 is 4.74 Å². The lowest BCUT2D eigenvalue weighted by atomic mass is 10.2. The fourth-order valence-electron chi connectivity index (χ4n) is 1.73. The monoisotopic (exact) mass is 250 g/mol. The number of carbonyl (C=O) groups excluding carboxylic acids is 1. The predicted octanol–water partition coefficient (Wildman–Crippen LogP) is 1.87. The van der Waals surface area contributed by atoms with E-state index in [1.165, 1.54) is 13.2 Å². The number of carbonyl (C=O) groups is 1. The summed E-state index contributed by atoms with van der Waals surface area (Å²) >= 11 is 0. The first-order valence-corrected chi connectivity index (χ1v) is 5.01. The molecule has 0 spiro atoms. The number of aromatic nitrogens is 1. The second-order valence-corrected chi connectivity index (χ2v) is 3.51. The summed E-state index contributed by atoms with van der Waals surface area (Å²) in [5.74, 6) is -0.244. The molecule has 0 saturated carbocycles. The molecule has 2 aromatic rings. The van der Waals surface area contributed by atoms with Crippen LogP contribution in [0.4, 0.5) is 5.69 Å². The molecule has 0 aliphatic rings. The van der Waals surface area contributed by atoms with Crippen LogP contribution in [0.1, 0.15) is 10.5 Å².